The van der Waals surface area contributed by atoms with Gasteiger partial charge in [-0.3, -0.25) is 14.5 Å². The van der Waals surface area contributed by atoms with E-state index in [0.717, 1.165) is 5.56 Å². The summed E-state index contributed by atoms with van der Waals surface area (Å²) in [7, 11) is 0. The molecule has 5 nitrogen and oxygen atoms in total. The molecule has 0 bridgehead atoms. The van der Waals surface area contributed by atoms with Crippen LogP contribution >= 0.6 is 24.0 Å². The molecule has 0 spiro atoms. The predicted octanol–water partition coefficient (Wildman–Crippen LogP) is 5.25. The summed E-state index contributed by atoms with van der Waals surface area (Å²) in [6, 6.07) is 21.8. The van der Waals surface area contributed by atoms with E-state index in [2.05, 4.69) is 5.32 Å². The minimum absolute atomic E-state index is 0.120. The van der Waals surface area contributed by atoms with Crippen molar-refractivity contribution in [3.63, 3.8) is 0 Å². The number of hydrogen-bond donors (Lipinski definition) is 1. The molecule has 0 atom stereocenters. The highest BCUT2D eigenvalue weighted by atomic mass is 32.2. The number of halogens is 1. The van der Waals surface area contributed by atoms with Crippen molar-refractivity contribution in [3.05, 3.63) is 95.1 Å². The molecule has 8 heteroatoms. The molecule has 32 heavy (non-hydrogen) atoms. The van der Waals surface area contributed by atoms with Gasteiger partial charge in [0.05, 0.1) is 10.6 Å². The Bertz CT molecular complexity index is 1180. The molecule has 0 unspecified atom stereocenters. The van der Waals surface area contributed by atoms with Crippen LogP contribution in [-0.2, 0) is 9.59 Å². The van der Waals surface area contributed by atoms with Crippen LogP contribution in [0.25, 0.3) is 6.08 Å². The second-order valence-corrected chi connectivity index (χ2v) is 8.44. The molecule has 1 fully saturated rings. The molecule has 1 aliphatic heterocycles. The lowest BCUT2D eigenvalue weighted by atomic mass is 10.2. The van der Waals surface area contributed by atoms with Gasteiger partial charge in [-0.2, -0.15) is 0 Å². The number of ether oxygens (including phenoxy) is 1. The molecule has 0 radical (unpaired) electrons. The van der Waals surface area contributed by atoms with E-state index in [0.29, 0.717) is 26.3 Å². The van der Waals surface area contributed by atoms with Gasteiger partial charge in [0, 0.05) is 5.69 Å². The minimum atomic E-state index is -0.380. The second kappa shape index (κ2) is 9.76. The zero-order valence-corrected chi connectivity index (χ0v) is 18.3. The van der Waals surface area contributed by atoms with Gasteiger partial charge in [-0.25, -0.2) is 4.39 Å². The summed E-state index contributed by atoms with van der Waals surface area (Å²) in [5.41, 5.74) is 2.01. The molecule has 1 aliphatic rings. The molecular formula is C24H17FN2O3S2. The third-order valence-electron chi connectivity index (χ3n) is 4.48. The highest BCUT2D eigenvalue weighted by molar-refractivity contribution is 8.27. The lowest BCUT2D eigenvalue weighted by molar-refractivity contribution is -0.118. The fourth-order valence-corrected chi connectivity index (χ4v) is 4.26. The van der Waals surface area contributed by atoms with E-state index >= 15 is 0 Å². The first kappa shape index (κ1) is 21.7. The molecule has 160 valence electrons. The highest BCUT2D eigenvalue weighted by Gasteiger charge is 2.33. The van der Waals surface area contributed by atoms with Crippen LogP contribution in [0.5, 0.6) is 5.75 Å². The lowest BCUT2D eigenvalue weighted by Crippen LogP contribution is -2.27. The number of amides is 2. The van der Waals surface area contributed by atoms with Crippen LogP contribution in [0.1, 0.15) is 5.56 Å². The van der Waals surface area contributed by atoms with Gasteiger partial charge in [0.25, 0.3) is 11.8 Å². The van der Waals surface area contributed by atoms with Gasteiger partial charge in [0.2, 0.25) is 0 Å². The summed E-state index contributed by atoms with van der Waals surface area (Å²) in [4.78, 5) is 26.6. The van der Waals surface area contributed by atoms with E-state index in [1.54, 1.807) is 42.5 Å². The number of para-hydroxylation sites is 1. The molecule has 4 rings (SSSR count). The monoisotopic (exact) mass is 464 g/mol. The normalized spacial score (nSPS) is 14.7. The Kier molecular flexibility index (Phi) is 6.63. The Labute approximate surface area is 193 Å². The first-order valence-corrected chi connectivity index (χ1v) is 10.8. The minimum Gasteiger partial charge on any atom is -0.484 e. The Balaban J connectivity index is 1.37. The predicted molar refractivity (Wildman–Crippen MR) is 129 cm³/mol. The molecule has 3 aromatic rings. The molecule has 3 aromatic carbocycles. The van der Waals surface area contributed by atoms with E-state index in [4.69, 9.17) is 17.0 Å². The van der Waals surface area contributed by atoms with Crippen LogP contribution in [0.2, 0.25) is 0 Å². The first-order valence-electron chi connectivity index (χ1n) is 9.61. The Morgan fingerprint density at radius 1 is 1.03 bits per heavy atom. The van der Waals surface area contributed by atoms with Gasteiger partial charge in [0.15, 0.2) is 10.9 Å². The number of benzene rings is 3. The summed E-state index contributed by atoms with van der Waals surface area (Å²) in [5, 5.41) is 2.75. The standard InChI is InChI=1S/C24H17FN2O3S2/c25-17-8-10-19(11-9-17)27-23(29)21(32-24(27)31)14-16-6-12-20(13-7-16)30-15-22(28)26-18-4-2-1-3-5-18/h1-14H,15H2,(H,26,28)/b21-14-. The molecule has 1 heterocycles. The van der Waals surface area contributed by atoms with Crippen LogP contribution in [0.3, 0.4) is 0 Å². The third kappa shape index (κ3) is 5.22. The zero-order chi connectivity index (χ0) is 22.5. The van der Waals surface area contributed by atoms with Gasteiger partial charge in [-0.15, -0.1) is 0 Å². The first-order chi connectivity index (χ1) is 15.5. The fourth-order valence-electron chi connectivity index (χ4n) is 2.96. The lowest BCUT2D eigenvalue weighted by Gasteiger charge is -2.14. The number of thioether (sulfide) groups is 1. The number of thiocarbonyl (C=S) groups is 1. The number of rotatable bonds is 6. The molecule has 1 N–H and O–H groups in total. The maximum atomic E-state index is 13.2. The third-order valence-corrected chi connectivity index (χ3v) is 5.79. The summed E-state index contributed by atoms with van der Waals surface area (Å²) in [6.45, 7) is -0.120. The molecule has 0 saturated carbocycles. The van der Waals surface area contributed by atoms with Crippen molar-refractivity contribution in [3.8, 4) is 5.75 Å². The summed E-state index contributed by atoms with van der Waals surface area (Å²) in [5.74, 6) is -0.368. The quantitative estimate of drug-likeness (QED) is 0.399. The Morgan fingerprint density at radius 3 is 2.41 bits per heavy atom. The van der Waals surface area contributed by atoms with Crippen LogP contribution in [0, 0.1) is 5.82 Å². The number of nitrogens with zero attached hydrogens (tertiary/aromatic N) is 1. The summed E-state index contributed by atoms with van der Waals surface area (Å²) in [6.07, 6.45) is 1.73. The van der Waals surface area contributed by atoms with E-state index in [1.165, 1.54) is 40.9 Å². The smallest absolute Gasteiger partial charge is 0.270 e. The Morgan fingerprint density at radius 2 is 1.72 bits per heavy atom. The number of carbonyl (C=O) groups excluding carboxylic acids is 2. The Hall–Kier alpha value is -3.49. The van der Waals surface area contributed by atoms with Crippen molar-refractivity contribution >= 4 is 57.6 Å². The maximum absolute atomic E-state index is 13.2. The molecule has 2 amide bonds. The molecular weight excluding hydrogens is 447 g/mol. The zero-order valence-electron chi connectivity index (χ0n) is 16.7. The topological polar surface area (TPSA) is 58.6 Å². The number of hydrogen-bond acceptors (Lipinski definition) is 5. The van der Waals surface area contributed by atoms with Crippen molar-refractivity contribution in [1.29, 1.82) is 0 Å². The van der Waals surface area contributed by atoms with Crippen molar-refractivity contribution in [1.82, 2.24) is 0 Å². The molecule has 0 aromatic heterocycles. The van der Waals surface area contributed by atoms with Crippen molar-refractivity contribution in [2.45, 2.75) is 0 Å². The summed E-state index contributed by atoms with van der Waals surface area (Å²) >= 11 is 6.51. The van der Waals surface area contributed by atoms with Gasteiger partial charge < -0.3 is 10.1 Å². The maximum Gasteiger partial charge on any atom is 0.270 e. The SMILES string of the molecule is O=C(COc1ccc(/C=C2\SC(=S)N(c3ccc(F)cc3)C2=O)cc1)Nc1ccccc1. The van der Waals surface area contributed by atoms with E-state index in [9.17, 15) is 14.0 Å². The van der Waals surface area contributed by atoms with Crippen molar-refractivity contribution in [2.75, 3.05) is 16.8 Å². The van der Waals surface area contributed by atoms with E-state index in [1.807, 2.05) is 18.2 Å². The number of nitrogens with one attached hydrogen (secondary N) is 1. The van der Waals surface area contributed by atoms with Crippen LogP contribution in [0.15, 0.2) is 83.8 Å². The molecule has 1 saturated heterocycles. The van der Waals surface area contributed by atoms with E-state index < -0.39 is 0 Å². The van der Waals surface area contributed by atoms with Crippen molar-refractivity contribution < 1.29 is 18.7 Å². The number of anilines is 2. The van der Waals surface area contributed by atoms with Gasteiger partial charge >= 0.3 is 0 Å². The molecule has 0 aliphatic carbocycles. The van der Waals surface area contributed by atoms with Crippen LogP contribution in [-0.4, -0.2) is 22.7 Å². The van der Waals surface area contributed by atoms with Gasteiger partial charge in [0.1, 0.15) is 11.6 Å². The van der Waals surface area contributed by atoms with E-state index in [-0.39, 0.29) is 24.2 Å². The summed E-state index contributed by atoms with van der Waals surface area (Å²) < 4.78 is 19.1. The fraction of sp³-hybridized carbons (Fsp3) is 0.0417. The number of carbonyl (C=O) groups is 2. The average molecular weight is 465 g/mol. The van der Waals surface area contributed by atoms with Gasteiger partial charge in [-0.05, 0) is 60.2 Å². The second-order valence-electron chi connectivity index (χ2n) is 6.77. The van der Waals surface area contributed by atoms with Crippen LogP contribution in [0.4, 0.5) is 15.8 Å². The van der Waals surface area contributed by atoms with Crippen LogP contribution < -0.4 is 15.0 Å². The highest BCUT2D eigenvalue weighted by Crippen LogP contribution is 2.36. The van der Waals surface area contributed by atoms with Gasteiger partial charge in [-0.1, -0.05) is 54.3 Å². The van der Waals surface area contributed by atoms with Crippen molar-refractivity contribution in [2.24, 2.45) is 0 Å². The largest absolute Gasteiger partial charge is 0.484 e. The average Bonchev–Trinajstić information content (AvgIpc) is 3.07.